The Bertz CT molecular complexity index is 1750. The fourth-order valence-electron chi connectivity index (χ4n) is 6.39. The van der Waals surface area contributed by atoms with Crippen molar-refractivity contribution in [2.75, 3.05) is 79.0 Å². The van der Waals surface area contributed by atoms with Gasteiger partial charge in [-0.05, 0) is 50.5 Å². The average molecular weight is 934 g/mol. The molecule has 368 valence electrons. The van der Waals surface area contributed by atoms with Crippen LogP contribution in [-0.4, -0.2) is 161 Å². The molecule has 66 heavy (non-hydrogen) atoms. The summed E-state index contributed by atoms with van der Waals surface area (Å²) in [5, 5.41) is 25.0. The van der Waals surface area contributed by atoms with Gasteiger partial charge in [0.2, 0.25) is 35.4 Å². The molecule has 4 atom stereocenters. The van der Waals surface area contributed by atoms with Crippen LogP contribution < -0.4 is 43.4 Å². The van der Waals surface area contributed by atoms with E-state index < -0.39 is 84.7 Å². The third-order valence-corrected chi connectivity index (χ3v) is 9.73. The molecule has 1 heterocycles. The molecule has 6 amide bonds. The maximum Gasteiger partial charge on any atom is 0.305 e. The summed E-state index contributed by atoms with van der Waals surface area (Å²) >= 11 is 0. The summed E-state index contributed by atoms with van der Waals surface area (Å²) in [5.41, 5.74) is 11.5. The van der Waals surface area contributed by atoms with Gasteiger partial charge >= 0.3 is 5.97 Å². The van der Waals surface area contributed by atoms with E-state index in [2.05, 4.69) is 36.9 Å². The van der Waals surface area contributed by atoms with Crippen molar-refractivity contribution in [1.82, 2.24) is 31.9 Å². The number of guanidine groups is 1. The molecule has 0 radical (unpaired) electrons. The Morgan fingerprint density at radius 1 is 0.727 bits per heavy atom. The molecule has 0 aliphatic carbocycles. The van der Waals surface area contributed by atoms with Gasteiger partial charge in [0.25, 0.3) is 0 Å². The number of hydrogen-bond donors (Lipinski definition) is 9. The molecule has 1 fully saturated rings. The Balaban J connectivity index is 1.94. The maximum absolute atomic E-state index is 14.0. The number of carbonyl (C=O) groups is 9. The lowest BCUT2D eigenvalue weighted by Gasteiger charge is -2.25. The fraction of sp³-hybridized carbons (Fsp3) is 0.628. The molecular formula is C43H67N9O14. The molecule has 0 spiro atoms. The molecule has 0 saturated carbocycles. The minimum atomic E-state index is -1.50. The summed E-state index contributed by atoms with van der Waals surface area (Å²) in [4.78, 5) is 118. The van der Waals surface area contributed by atoms with Crippen molar-refractivity contribution in [3.8, 4) is 0 Å². The van der Waals surface area contributed by atoms with Crippen molar-refractivity contribution in [2.45, 2.75) is 89.3 Å². The van der Waals surface area contributed by atoms with Gasteiger partial charge in [0.15, 0.2) is 17.5 Å². The number of nitrogens with zero attached hydrogens (tertiary/aromatic N) is 1. The van der Waals surface area contributed by atoms with Crippen LogP contribution in [0.2, 0.25) is 0 Å². The molecule has 1 saturated heterocycles. The van der Waals surface area contributed by atoms with Crippen molar-refractivity contribution < 1.29 is 67.2 Å². The van der Waals surface area contributed by atoms with Crippen molar-refractivity contribution >= 4 is 58.9 Å². The number of rotatable bonds is 30. The van der Waals surface area contributed by atoms with E-state index >= 15 is 0 Å². The molecule has 1 aromatic rings. The third-order valence-electron chi connectivity index (χ3n) is 9.73. The Kier molecular flexibility index (Phi) is 28.4. The van der Waals surface area contributed by atoms with Crippen LogP contribution in [0.1, 0.15) is 70.3 Å². The molecule has 1 aliphatic rings. The zero-order chi connectivity index (χ0) is 48.5. The molecular weight excluding hydrogens is 867 g/mol. The van der Waals surface area contributed by atoms with Crippen LogP contribution in [0.5, 0.6) is 0 Å². The number of nitrogens with one attached hydrogen (secondary N) is 6. The van der Waals surface area contributed by atoms with Crippen molar-refractivity contribution in [3.05, 3.63) is 35.9 Å². The summed E-state index contributed by atoms with van der Waals surface area (Å²) in [7, 11) is 0. The Hall–Kier alpha value is -6.04. The zero-order valence-electron chi connectivity index (χ0n) is 37.6. The largest absolute Gasteiger partial charge is 0.481 e. The summed E-state index contributed by atoms with van der Waals surface area (Å²) in [6, 6.07) is 4.85. The first-order valence-corrected chi connectivity index (χ1v) is 22.0. The van der Waals surface area contributed by atoms with Crippen LogP contribution in [0.3, 0.4) is 0 Å². The van der Waals surface area contributed by atoms with E-state index in [9.17, 15) is 48.3 Å². The molecule has 2 rings (SSSR count). The number of aliphatic imine (C=N–C) groups is 1. The molecule has 1 aromatic carbocycles. The minimum Gasteiger partial charge on any atom is -0.481 e. The highest BCUT2D eigenvalue weighted by molar-refractivity contribution is 5.98. The number of carboxylic acid groups (broad SMARTS) is 1. The summed E-state index contributed by atoms with van der Waals surface area (Å²) in [6.45, 7) is 2.82. The Morgan fingerprint density at radius 2 is 1.38 bits per heavy atom. The minimum absolute atomic E-state index is 0.0348. The first kappa shape index (κ1) is 56.1. The van der Waals surface area contributed by atoms with Gasteiger partial charge in [-0.15, -0.1) is 0 Å². The van der Waals surface area contributed by atoms with E-state index in [1.165, 1.54) is 6.92 Å². The quantitative estimate of drug-likeness (QED) is 0.0224. The van der Waals surface area contributed by atoms with Crippen molar-refractivity contribution in [1.29, 1.82) is 0 Å². The predicted molar refractivity (Wildman–Crippen MR) is 237 cm³/mol. The van der Waals surface area contributed by atoms with Gasteiger partial charge < -0.3 is 67.4 Å². The molecule has 1 aliphatic heterocycles. The zero-order valence-corrected chi connectivity index (χ0v) is 37.6. The highest BCUT2D eigenvalue weighted by Crippen LogP contribution is 2.17. The van der Waals surface area contributed by atoms with E-state index in [-0.39, 0.29) is 95.9 Å². The second-order valence-electron chi connectivity index (χ2n) is 15.4. The first-order chi connectivity index (χ1) is 31.6. The Labute approximate surface area is 384 Å². The lowest BCUT2D eigenvalue weighted by atomic mass is 9.90. The number of amides is 6. The van der Waals surface area contributed by atoms with Crippen molar-refractivity contribution in [3.63, 3.8) is 0 Å². The van der Waals surface area contributed by atoms with Crippen LogP contribution in [0.25, 0.3) is 0 Å². The number of hydrogen-bond acceptors (Lipinski definition) is 14. The number of aliphatic carboxylic acids is 1. The van der Waals surface area contributed by atoms with Crippen LogP contribution in [0.4, 0.5) is 0 Å². The number of carboxylic acids is 1. The smallest absolute Gasteiger partial charge is 0.305 e. The highest BCUT2D eigenvalue weighted by Gasteiger charge is 2.33. The third kappa shape index (κ3) is 26.7. The molecule has 23 heteroatoms. The number of ketones is 2. The van der Waals surface area contributed by atoms with Crippen LogP contribution in [-0.2, 0) is 68.5 Å². The van der Waals surface area contributed by atoms with E-state index in [0.29, 0.717) is 51.2 Å². The van der Waals surface area contributed by atoms with Gasteiger partial charge in [-0.3, -0.25) is 48.1 Å². The van der Waals surface area contributed by atoms with Gasteiger partial charge in [-0.25, -0.2) is 0 Å². The number of benzene rings is 1. The lowest BCUT2D eigenvalue weighted by molar-refractivity contribution is -0.140. The van der Waals surface area contributed by atoms with E-state index in [1.54, 1.807) is 30.3 Å². The maximum atomic E-state index is 14.0. The SMILES string of the molecule is CC(=O)NCCOCCOCC(=O)CCCOCCOCC(=O)NCCCC[C@@H]1NC(=O)[C@H](Cc2ccccc2)CC(=O)[C@H](CC(=O)O)NC(=O)CNC(=O)[C@H](CCCN=C(N)N)NC1=O. The first-order valence-electron chi connectivity index (χ1n) is 22.0. The van der Waals surface area contributed by atoms with Gasteiger partial charge in [0, 0.05) is 51.9 Å². The molecule has 0 bridgehead atoms. The predicted octanol–water partition coefficient (Wildman–Crippen LogP) is -2.24. The number of ether oxygens (including phenoxy) is 4. The monoisotopic (exact) mass is 933 g/mol. The van der Waals surface area contributed by atoms with Gasteiger partial charge in [-0.1, -0.05) is 30.3 Å². The molecule has 11 N–H and O–H groups in total. The standard InChI is InChI=1S/C43H67N9O14/c1-29(53)46-16-18-64-20-21-65-27-32(54)11-8-17-63-19-22-66-28-38(57)47-14-6-5-12-34-42(62)52-33(13-7-15-48-43(44)45)41(61)49-26-37(56)50-35(25-39(58)59)36(55)24-31(40(60)51-34)23-30-9-3-2-4-10-30/h2-4,9-10,31,33-35H,5-8,11-28H2,1H3,(H,46,53)(H,47,57)(H,49,61)(H,50,56)(H,51,60)(H,52,62)(H,58,59)(H4,44,45,48)/t31-,33+,34+,35+/m1/s1. The number of nitrogens with two attached hydrogens (primary N) is 2. The van der Waals surface area contributed by atoms with E-state index in [4.69, 9.17) is 30.4 Å². The number of unbranched alkanes of at least 4 members (excludes halogenated alkanes) is 1. The van der Waals surface area contributed by atoms with Crippen LogP contribution >= 0.6 is 0 Å². The molecule has 23 nitrogen and oxygen atoms in total. The summed E-state index contributed by atoms with van der Waals surface area (Å²) in [6.07, 6.45) is 0.618. The van der Waals surface area contributed by atoms with Crippen molar-refractivity contribution in [2.24, 2.45) is 22.4 Å². The van der Waals surface area contributed by atoms with Crippen LogP contribution in [0, 0.1) is 5.92 Å². The van der Waals surface area contributed by atoms with Gasteiger partial charge in [0.05, 0.1) is 52.0 Å². The fourth-order valence-corrected chi connectivity index (χ4v) is 6.39. The highest BCUT2D eigenvalue weighted by atomic mass is 16.5. The normalized spacial score (nSPS) is 18.3. The van der Waals surface area contributed by atoms with E-state index in [0.717, 1.165) is 0 Å². The van der Waals surface area contributed by atoms with E-state index in [1.807, 2.05) is 0 Å². The van der Waals surface area contributed by atoms with Crippen LogP contribution in [0.15, 0.2) is 35.3 Å². The number of Topliss-reactive ketones (excluding diaryl/α,β-unsaturated/α-hetero) is 2. The lowest BCUT2D eigenvalue weighted by Crippen LogP contribution is -2.55. The second-order valence-corrected chi connectivity index (χ2v) is 15.4. The Morgan fingerprint density at radius 3 is 2.08 bits per heavy atom. The molecule has 0 unspecified atom stereocenters. The second kappa shape index (κ2) is 33.4. The van der Waals surface area contributed by atoms with Gasteiger partial charge in [0.1, 0.15) is 25.3 Å². The summed E-state index contributed by atoms with van der Waals surface area (Å²) in [5.74, 6) is -6.96. The van der Waals surface area contributed by atoms with Gasteiger partial charge in [-0.2, -0.15) is 0 Å². The summed E-state index contributed by atoms with van der Waals surface area (Å²) < 4.78 is 21.4. The number of carbonyl (C=O) groups excluding carboxylic acids is 8. The topological polar surface area (TPSA) is 347 Å². The molecule has 0 aromatic heterocycles. The average Bonchev–Trinajstić information content (AvgIpc) is 3.26.